The lowest BCUT2D eigenvalue weighted by Crippen LogP contribution is -2.09. The van der Waals surface area contributed by atoms with E-state index in [0.29, 0.717) is 12.1 Å². The summed E-state index contributed by atoms with van der Waals surface area (Å²) in [7, 11) is 0. The van der Waals surface area contributed by atoms with Crippen LogP contribution in [0, 0.1) is 5.82 Å². The third kappa shape index (κ3) is 4.58. The fourth-order valence-electron chi connectivity index (χ4n) is 3.37. The van der Waals surface area contributed by atoms with Gasteiger partial charge in [-0.05, 0) is 66.8 Å². The molecule has 2 aromatic carbocycles. The first-order valence-electron chi connectivity index (χ1n) is 9.68. The monoisotopic (exact) mass is 387 g/mol. The van der Waals surface area contributed by atoms with Gasteiger partial charge in [0.2, 0.25) is 0 Å². The van der Waals surface area contributed by atoms with Gasteiger partial charge >= 0.3 is 0 Å². The highest BCUT2D eigenvalue weighted by Crippen LogP contribution is 2.32. The van der Waals surface area contributed by atoms with E-state index in [1.54, 1.807) is 29.2 Å². The Bertz CT molecular complexity index is 1050. The van der Waals surface area contributed by atoms with E-state index in [1.807, 2.05) is 36.5 Å². The van der Waals surface area contributed by atoms with Gasteiger partial charge in [-0.3, -0.25) is 4.98 Å². The van der Waals surface area contributed by atoms with Crippen molar-refractivity contribution in [2.75, 3.05) is 0 Å². The molecule has 4 aromatic rings. The number of pyridine rings is 1. The molecule has 0 radical (unpaired) electrons. The smallest absolute Gasteiger partial charge is 0.147 e. The van der Waals surface area contributed by atoms with Crippen LogP contribution >= 0.6 is 0 Å². The Morgan fingerprint density at radius 1 is 0.897 bits per heavy atom. The van der Waals surface area contributed by atoms with Gasteiger partial charge in [0.25, 0.3) is 0 Å². The second-order valence-corrected chi connectivity index (χ2v) is 6.97. The van der Waals surface area contributed by atoms with Gasteiger partial charge in [-0.1, -0.05) is 30.3 Å². The van der Waals surface area contributed by atoms with Crippen LogP contribution in [0.15, 0.2) is 85.3 Å². The quantitative estimate of drug-likeness (QED) is 0.470. The summed E-state index contributed by atoms with van der Waals surface area (Å²) in [6.45, 7) is 0. The van der Waals surface area contributed by atoms with Crippen molar-refractivity contribution >= 4 is 0 Å². The normalized spacial score (nSPS) is 12.1. The van der Waals surface area contributed by atoms with Crippen LogP contribution in [0.2, 0.25) is 0 Å². The highest BCUT2D eigenvalue weighted by molar-refractivity contribution is 5.80. The first-order chi connectivity index (χ1) is 14.2. The number of benzene rings is 2. The average molecular weight is 387 g/mol. The maximum Gasteiger partial charge on any atom is 0.147 e. The predicted octanol–water partition coefficient (Wildman–Crippen LogP) is 5.27. The molecule has 0 saturated heterocycles. The first-order valence-corrected chi connectivity index (χ1v) is 9.68. The maximum absolute atomic E-state index is 13.4. The van der Waals surface area contributed by atoms with Crippen LogP contribution in [0.25, 0.3) is 22.4 Å². The SMILES string of the molecule is OC(CCCc1ccccc1)n1cc(-c2ccncc2)c(-c2ccc(F)cc2)n1. The van der Waals surface area contributed by atoms with Crippen molar-refractivity contribution in [3.05, 3.63) is 96.7 Å². The number of aryl methyl sites for hydroxylation is 1. The van der Waals surface area contributed by atoms with E-state index in [0.717, 1.165) is 29.5 Å². The fraction of sp³-hybridized carbons (Fsp3) is 0.167. The number of nitrogens with zero attached hydrogens (tertiary/aromatic N) is 3. The largest absolute Gasteiger partial charge is 0.372 e. The number of aromatic nitrogens is 3. The first kappa shape index (κ1) is 19.0. The lowest BCUT2D eigenvalue weighted by molar-refractivity contribution is 0.0797. The molecule has 0 fully saturated rings. The molecule has 0 aliphatic carbocycles. The summed E-state index contributed by atoms with van der Waals surface area (Å²) in [6, 6.07) is 20.3. The topological polar surface area (TPSA) is 50.9 Å². The summed E-state index contributed by atoms with van der Waals surface area (Å²) < 4.78 is 15.0. The van der Waals surface area contributed by atoms with E-state index in [9.17, 15) is 9.50 Å². The highest BCUT2D eigenvalue weighted by atomic mass is 19.1. The zero-order valence-electron chi connectivity index (χ0n) is 15.9. The van der Waals surface area contributed by atoms with E-state index >= 15 is 0 Å². The van der Waals surface area contributed by atoms with Crippen molar-refractivity contribution < 1.29 is 9.50 Å². The molecule has 0 amide bonds. The summed E-state index contributed by atoms with van der Waals surface area (Å²) >= 11 is 0. The molecule has 0 aliphatic rings. The summed E-state index contributed by atoms with van der Waals surface area (Å²) in [5, 5.41) is 15.3. The number of aliphatic hydroxyl groups is 1. The molecular weight excluding hydrogens is 365 g/mol. The second kappa shape index (κ2) is 8.80. The Morgan fingerprint density at radius 2 is 1.62 bits per heavy atom. The zero-order valence-corrected chi connectivity index (χ0v) is 15.9. The number of hydrogen-bond acceptors (Lipinski definition) is 3. The Balaban J connectivity index is 1.58. The molecule has 4 rings (SSSR count). The maximum atomic E-state index is 13.4. The average Bonchev–Trinajstić information content (AvgIpc) is 3.21. The van der Waals surface area contributed by atoms with Gasteiger partial charge in [0.1, 0.15) is 17.7 Å². The molecule has 5 heteroatoms. The van der Waals surface area contributed by atoms with Crippen molar-refractivity contribution in [3.8, 4) is 22.4 Å². The molecule has 146 valence electrons. The predicted molar refractivity (Wildman–Crippen MR) is 111 cm³/mol. The molecule has 1 N–H and O–H groups in total. The van der Waals surface area contributed by atoms with Crippen molar-refractivity contribution in [3.63, 3.8) is 0 Å². The van der Waals surface area contributed by atoms with Crippen LogP contribution in [-0.4, -0.2) is 19.9 Å². The zero-order chi connectivity index (χ0) is 20.1. The van der Waals surface area contributed by atoms with Gasteiger partial charge in [0.05, 0.1) is 0 Å². The number of halogens is 1. The van der Waals surface area contributed by atoms with Crippen LogP contribution in [0.5, 0.6) is 0 Å². The summed E-state index contributed by atoms with van der Waals surface area (Å²) in [4.78, 5) is 4.07. The summed E-state index contributed by atoms with van der Waals surface area (Å²) in [6.07, 6.45) is 6.90. The highest BCUT2D eigenvalue weighted by Gasteiger charge is 2.17. The van der Waals surface area contributed by atoms with Crippen molar-refractivity contribution in [2.24, 2.45) is 0 Å². The molecule has 0 bridgehead atoms. The molecule has 0 aliphatic heterocycles. The van der Waals surface area contributed by atoms with E-state index < -0.39 is 6.23 Å². The van der Waals surface area contributed by atoms with Crippen LogP contribution < -0.4 is 0 Å². The molecule has 1 atom stereocenters. The van der Waals surface area contributed by atoms with Gasteiger partial charge in [0, 0.05) is 29.7 Å². The lowest BCUT2D eigenvalue weighted by Gasteiger charge is -2.11. The van der Waals surface area contributed by atoms with E-state index in [4.69, 9.17) is 0 Å². The van der Waals surface area contributed by atoms with Gasteiger partial charge in [0.15, 0.2) is 0 Å². The van der Waals surface area contributed by atoms with Crippen molar-refractivity contribution in [1.29, 1.82) is 0 Å². The third-order valence-corrected chi connectivity index (χ3v) is 4.92. The standard InChI is InChI=1S/C24H22FN3O/c25-21-11-9-20(10-12-21)24-22(19-13-15-26-16-14-19)17-28(27-24)23(29)8-4-7-18-5-2-1-3-6-18/h1-3,5-6,9-17,23,29H,4,7-8H2. The molecule has 2 heterocycles. The van der Waals surface area contributed by atoms with E-state index in [1.165, 1.54) is 17.7 Å². The van der Waals surface area contributed by atoms with Gasteiger partial charge in [-0.25, -0.2) is 9.07 Å². The Labute approximate surface area is 169 Å². The molecule has 0 saturated carbocycles. The molecule has 2 aromatic heterocycles. The summed E-state index contributed by atoms with van der Waals surface area (Å²) in [5.74, 6) is -0.292. The second-order valence-electron chi connectivity index (χ2n) is 6.97. The molecular formula is C24H22FN3O. The van der Waals surface area contributed by atoms with Crippen LogP contribution in [0.4, 0.5) is 4.39 Å². The van der Waals surface area contributed by atoms with Crippen molar-refractivity contribution in [2.45, 2.75) is 25.5 Å². The van der Waals surface area contributed by atoms with Crippen LogP contribution in [0.1, 0.15) is 24.6 Å². The molecule has 0 spiro atoms. The van der Waals surface area contributed by atoms with Gasteiger partial charge in [-0.15, -0.1) is 0 Å². The Hall–Kier alpha value is -3.31. The van der Waals surface area contributed by atoms with E-state index in [2.05, 4.69) is 22.2 Å². The van der Waals surface area contributed by atoms with Gasteiger partial charge < -0.3 is 5.11 Å². The molecule has 1 unspecified atom stereocenters. The fourth-order valence-corrected chi connectivity index (χ4v) is 3.37. The molecule has 29 heavy (non-hydrogen) atoms. The molecule has 4 nitrogen and oxygen atoms in total. The van der Waals surface area contributed by atoms with Crippen LogP contribution in [0.3, 0.4) is 0 Å². The van der Waals surface area contributed by atoms with Crippen LogP contribution in [-0.2, 0) is 6.42 Å². The minimum atomic E-state index is -0.728. The minimum Gasteiger partial charge on any atom is -0.372 e. The lowest BCUT2D eigenvalue weighted by atomic mass is 10.0. The Morgan fingerprint density at radius 3 is 2.34 bits per heavy atom. The van der Waals surface area contributed by atoms with Gasteiger partial charge in [-0.2, -0.15) is 5.10 Å². The van der Waals surface area contributed by atoms with Crippen molar-refractivity contribution in [1.82, 2.24) is 14.8 Å². The third-order valence-electron chi connectivity index (χ3n) is 4.92. The Kier molecular flexibility index (Phi) is 5.77. The number of hydrogen-bond donors (Lipinski definition) is 1. The summed E-state index contributed by atoms with van der Waals surface area (Å²) in [5.41, 5.74) is 4.58. The minimum absolute atomic E-state index is 0.292. The number of aliphatic hydroxyl groups excluding tert-OH is 1. The van der Waals surface area contributed by atoms with E-state index in [-0.39, 0.29) is 5.82 Å². The number of rotatable bonds is 7.